The molecule has 5 N–H and O–H groups in total. The second-order valence-corrected chi connectivity index (χ2v) is 10.5. The van der Waals surface area contributed by atoms with E-state index in [-0.39, 0.29) is 36.8 Å². The van der Waals surface area contributed by atoms with Crippen LogP contribution in [0.5, 0.6) is 5.75 Å². The van der Waals surface area contributed by atoms with Crippen molar-refractivity contribution in [3.8, 4) is 5.75 Å². The molecule has 2 rings (SSSR count). The fourth-order valence-electron chi connectivity index (χ4n) is 3.90. The van der Waals surface area contributed by atoms with E-state index in [1.807, 2.05) is 4.90 Å². The lowest BCUT2D eigenvalue weighted by molar-refractivity contribution is -0.140. The van der Waals surface area contributed by atoms with Gasteiger partial charge in [0, 0.05) is 65.4 Å². The maximum atomic E-state index is 12.5. The average Bonchev–Trinajstić information content (AvgIpc) is 2.79. The van der Waals surface area contributed by atoms with Gasteiger partial charge in [0.1, 0.15) is 5.75 Å². The van der Waals surface area contributed by atoms with Crippen LogP contribution in [-0.2, 0) is 24.4 Å². The lowest BCUT2D eigenvalue weighted by atomic mass is 10.3. The van der Waals surface area contributed by atoms with Gasteiger partial charge in [-0.1, -0.05) is 0 Å². The van der Waals surface area contributed by atoms with Gasteiger partial charge in [0.25, 0.3) is 0 Å². The summed E-state index contributed by atoms with van der Waals surface area (Å²) in [4.78, 5) is 40.9. The highest BCUT2D eigenvalue weighted by Gasteiger charge is 2.20. The number of phenols is 1. The minimum atomic E-state index is -3.80. The number of nitrogens with zero attached hydrogens (tertiary/aromatic N) is 4. The van der Waals surface area contributed by atoms with E-state index in [2.05, 4.69) is 4.72 Å². The van der Waals surface area contributed by atoms with Crippen LogP contribution in [0.2, 0.25) is 0 Å². The highest BCUT2D eigenvalue weighted by molar-refractivity contribution is 7.89. The van der Waals surface area contributed by atoms with Crippen molar-refractivity contribution in [2.45, 2.75) is 4.90 Å². The van der Waals surface area contributed by atoms with Crippen molar-refractivity contribution in [1.82, 2.24) is 24.3 Å². The van der Waals surface area contributed by atoms with Gasteiger partial charge in [0.2, 0.25) is 10.0 Å². The second kappa shape index (κ2) is 14.8. The van der Waals surface area contributed by atoms with Crippen molar-refractivity contribution >= 4 is 27.9 Å². The maximum absolute atomic E-state index is 12.5. The number of rotatable bonds is 11. The molecule has 15 heteroatoms. The Hall–Kier alpha value is -2.82. The molecule has 0 aliphatic carbocycles. The third-order valence-electron chi connectivity index (χ3n) is 5.87. The van der Waals surface area contributed by atoms with Gasteiger partial charge in [-0.2, -0.15) is 0 Å². The first-order valence-corrected chi connectivity index (χ1v) is 13.3. The van der Waals surface area contributed by atoms with Crippen molar-refractivity contribution in [2.75, 3.05) is 85.1 Å². The molecule has 1 fully saturated rings. The highest BCUT2D eigenvalue weighted by atomic mass is 32.2. The molecule has 1 aliphatic heterocycles. The van der Waals surface area contributed by atoms with E-state index < -0.39 is 27.9 Å². The molecule has 0 spiro atoms. The molecule has 1 heterocycles. The third-order valence-corrected chi connectivity index (χ3v) is 7.35. The number of hydrogen-bond donors (Lipinski definition) is 5. The predicted molar refractivity (Wildman–Crippen MR) is 132 cm³/mol. The van der Waals surface area contributed by atoms with E-state index in [9.17, 15) is 43.2 Å². The van der Waals surface area contributed by atoms with Crippen molar-refractivity contribution in [1.29, 1.82) is 0 Å². The summed E-state index contributed by atoms with van der Waals surface area (Å²) >= 11 is 0. The summed E-state index contributed by atoms with van der Waals surface area (Å²) in [6, 6.07) is 5.12. The van der Waals surface area contributed by atoms with Gasteiger partial charge in [-0.15, -0.1) is 0 Å². The van der Waals surface area contributed by atoms with Gasteiger partial charge in [0.05, 0.1) is 24.5 Å². The molecule has 0 unspecified atom stereocenters. The zero-order valence-electron chi connectivity index (χ0n) is 20.5. The van der Waals surface area contributed by atoms with E-state index in [1.165, 1.54) is 24.3 Å². The number of hydrogen-bond acceptors (Lipinski definition) is 10. The van der Waals surface area contributed by atoms with Crippen LogP contribution in [0.4, 0.5) is 0 Å². The molecule has 37 heavy (non-hydrogen) atoms. The molecule has 1 aromatic rings. The van der Waals surface area contributed by atoms with E-state index in [0.29, 0.717) is 58.9 Å². The van der Waals surface area contributed by atoms with Gasteiger partial charge in [0.15, 0.2) is 0 Å². The molecule has 0 aromatic heterocycles. The number of nitrogens with one attached hydrogen (secondary N) is 1. The first kappa shape index (κ1) is 30.4. The average molecular weight is 546 g/mol. The number of carboxylic acid groups (broad SMARTS) is 3. The second-order valence-electron chi connectivity index (χ2n) is 8.74. The van der Waals surface area contributed by atoms with Crippen molar-refractivity contribution in [3.05, 3.63) is 24.3 Å². The first-order valence-electron chi connectivity index (χ1n) is 11.8. The van der Waals surface area contributed by atoms with Crippen LogP contribution in [-0.4, -0.2) is 151 Å². The largest absolute Gasteiger partial charge is 0.508 e. The molecule has 208 valence electrons. The summed E-state index contributed by atoms with van der Waals surface area (Å²) in [5.74, 6) is -3.11. The van der Waals surface area contributed by atoms with E-state index >= 15 is 0 Å². The molecule has 14 nitrogen and oxygen atoms in total. The zero-order valence-corrected chi connectivity index (χ0v) is 21.3. The quantitative estimate of drug-likeness (QED) is 0.208. The molecule has 0 bridgehead atoms. The first-order chi connectivity index (χ1) is 17.4. The van der Waals surface area contributed by atoms with E-state index in [0.717, 1.165) is 0 Å². The monoisotopic (exact) mass is 545 g/mol. The summed E-state index contributed by atoms with van der Waals surface area (Å²) < 4.78 is 27.6. The third kappa shape index (κ3) is 11.8. The number of aromatic hydroxyl groups is 1. The fraction of sp³-hybridized carbons (Fsp3) is 0.591. The zero-order chi connectivity index (χ0) is 27.4. The van der Waals surface area contributed by atoms with Gasteiger partial charge < -0.3 is 20.4 Å². The Labute approximate surface area is 215 Å². The van der Waals surface area contributed by atoms with Crippen LogP contribution in [0.25, 0.3) is 0 Å². The molecule has 0 saturated carbocycles. The van der Waals surface area contributed by atoms with Crippen molar-refractivity contribution < 1.29 is 43.2 Å². The van der Waals surface area contributed by atoms with Crippen LogP contribution >= 0.6 is 0 Å². The number of aliphatic carboxylic acids is 3. The summed E-state index contributed by atoms with van der Waals surface area (Å²) in [7, 11) is -3.80. The number of benzene rings is 1. The minimum absolute atomic E-state index is 0.00479. The van der Waals surface area contributed by atoms with Crippen LogP contribution in [0, 0.1) is 0 Å². The number of sulfonamides is 1. The lowest BCUT2D eigenvalue weighted by Crippen LogP contribution is -2.49. The molecule has 1 aromatic carbocycles. The Morgan fingerprint density at radius 1 is 0.676 bits per heavy atom. The maximum Gasteiger partial charge on any atom is 0.317 e. The minimum Gasteiger partial charge on any atom is -0.508 e. The molecular formula is C22H35N5O9S. The molecular weight excluding hydrogens is 510 g/mol. The summed E-state index contributed by atoms with van der Waals surface area (Å²) in [6.45, 7) is 2.35. The topological polar surface area (TPSA) is 191 Å². The van der Waals surface area contributed by atoms with Gasteiger partial charge in [-0.25, -0.2) is 13.1 Å². The van der Waals surface area contributed by atoms with Gasteiger partial charge in [-0.3, -0.25) is 34.0 Å². The Morgan fingerprint density at radius 3 is 1.38 bits per heavy atom. The Morgan fingerprint density at radius 2 is 1.03 bits per heavy atom. The predicted octanol–water partition coefficient (Wildman–Crippen LogP) is -1.85. The van der Waals surface area contributed by atoms with Crippen molar-refractivity contribution in [3.63, 3.8) is 0 Å². The van der Waals surface area contributed by atoms with E-state index in [4.69, 9.17) is 0 Å². The van der Waals surface area contributed by atoms with Crippen LogP contribution in [0.1, 0.15) is 0 Å². The van der Waals surface area contributed by atoms with Crippen LogP contribution in [0.3, 0.4) is 0 Å². The van der Waals surface area contributed by atoms with Crippen molar-refractivity contribution in [2.24, 2.45) is 0 Å². The number of carboxylic acids is 3. The Bertz CT molecular complexity index is 974. The fourth-order valence-corrected chi connectivity index (χ4v) is 4.92. The smallest absolute Gasteiger partial charge is 0.317 e. The summed E-state index contributed by atoms with van der Waals surface area (Å²) in [5, 5.41) is 37.2. The van der Waals surface area contributed by atoms with Crippen LogP contribution < -0.4 is 4.72 Å². The molecule has 0 atom stereocenters. The molecule has 1 aliphatic rings. The molecule has 1 saturated heterocycles. The molecule has 0 radical (unpaired) electrons. The normalized spacial score (nSPS) is 18.1. The van der Waals surface area contributed by atoms with E-state index in [1.54, 1.807) is 14.7 Å². The summed E-state index contributed by atoms with van der Waals surface area (Å²) in [6.07, 6.45) is 0. The SMILES string of the molecule is O=C(O)CN1CCN(CCNS(=O)(=O)c2ccc(O)cc2)CCN(CC(=O)O)CCN(CC(=O)O)CC1. The Kier molecular flexibility index (Phi) is 12.2. The Balaban J connectivity index is 2.09. The number of carbonyl (C=O) groups is 3. The van der Waals surface area contributed by atoms with Gasteiger partial charge in [-0.05, 0) is 24.3 Å². The van der Waals surface area contributed by atoms with Crippen LogP contribution in [0.15, 0.2) is 29.2 Å². The molecule has 0 amide bonds. The highest BCUT2D eigenvalue weighted by Crippen LogP contribution is 2.14. The standard InChI is InChI=1S/C22H35N5O9S/c28-18-1-3-19(4-2-18)37(35,36)23-5-6-24-7-9-25(15-20(29)30)11-13-27(17-22(33)34)14-12-26(10-8-24)16-21(31)32/h1-4,23,28H,5-17H2,(H,29,30)(H,31,32)(H,33,34). The van der Waals surface area contributed by atoms with Gasteiger partial charge >= 0.3 is 17.9 Å². The summed E-state index contributed by atoms with van der Waals surface area (Å²) in [5.41, 5.74) is 0. The number of phenolic OH excluding ortho intramolecular Hbond substituents is 1. The lowest BCUT2D eigenvalue weighted by Gasteiger charge is -2.33.